The lowest BCUT2D eigenvalue weighted by Crippen LogP contribution is -2.45. The lowest BCUT2D eigenvalue weighted by atomic mass is 9.96. The van der Waals surface area contributed by atoms with Crippen LogP contribution in [-0.4, -0.2) is 30.4 Å². The van der Waals surface area contributed by atoms with Gasteiger partial charge >= 0.3 is 6.03 Å². The Kier molecular flexibility index (Phi) is 3.80. The van der Waals surface area contributed by atoms with Crippen molar-refractivity contribution in [3.8, 4) is 0 Å². The van der Waals surface area contributed by atoms with Crippen molar-refractivity contribution in [2.45, 2.75) is 19.9 Å². The Morgan fingerprint density at radius 3 is 2.42 bits per heavy atom. The Balaban J connectivity index is 1.76. The first kappa shape index (κ1) is 16.4. The molecule has 0 spiro atoms. The largest absolute Gasteiger partial charge is 0.327 e. The topological polar surface area (TPSA) is 52.7 Å². The molecule has 2 aromatic rings. The molecule has 3 amide bonds. The van der Waals surface area contributed by atoms with Crippen molar-refractivity contribution in [3.63, 3.8) is 0 Å². The molecule has 0 bridgehead atoms. The Morgan fingerprint density at radius 2 is 1.73 bits per heavy atom. The van der Waals surface area contributed by atoms with Gasteiger partial charge in [0.2, 0.25) is 0 Å². The van der Waals surface area contributed by atoms with E-state index in [0.717, 1.165) is 22.5 Å². The summed E-state index contributed by atoms with van der Waals surface area (Å²) in [4.78, 5) is 29.0. The first-order valence-electron chi connectivity index (χ1n) is 8.68. The van der Waals surface area contributed by atoms with Crippen molar-refractivity contribution in [2.75, 3.05) is 18.5 Å². The first-order valence-corrected chi connectivity index (χ1v) is 8.68. The summed E-state index contributed by atoms with van der Waals surface area (Å²) < 4.78 is 0. The molecule has 5 nitrogen and oxygen atoms in total. The van der Waals surface area contributed by atoms with E-state index >= 15 is 0 Å². The van der Waals surface area contributed by atoms with E-state index in [0.29, 0.717) is 12.1 Å². The van der Waals surface area contributed by atoms with E-state index in [-0.39, 0.29) is 11.9 Å². The fourth-order valence-electron chi connectivity index (χ4n) is 3.56. The Bertz CT molecular complexity index is 934. The van der Waals surface area contributed by atoms with Crippen LogP contribution in [0.4, 0.5) is 10.5 Å². The zero-order valence-electron chi connectivity index (χ0n) is 15.1. The average Bonchev–Trinajstić information content (AvgIpc) is 2.99. The van der Waals surface area contributed by atoms with E-state index < -0.39 is 6.04 Å². The van der Waals surface area contributed by atoms with Gasteiger partial charge in [-0.3, -0.25) is 9.69 Å². The Labute approximate surface area is 152 Å². The van der Waals surface area contributed by atoms with Crippen molar-refractivity contribution in [3.05, 3.63) is 76.5 Å². The van der Waals surface area contributed by atoms with Gasteiger partial charge in [0.25, 0.3) is 5.91 Å². The summed E-state index contributed by atoms with van der Waals surface area (Å²) in [5.41, 5.74) is 5.52. The zero-order chi connectivity index (χ0) is 18.4. The second-order valence-corrected chi connectivity index (χ2v) is 6.87. The third kappa shape index (κ3) is 2.47. The van der Waals surface area contributed by atoms with Crippen molar-refractivity contribution < 1.29 is 9.59 Å². The predicted octanol–water partition coefficient (Wildman–Crippen LogP) is 3.30. The van der Waals surface area contributed by atoms with E-state index in [1.165, 1.54) is 5.56 Å². The normalized spacial score (nSPS) is 19.7. The van der Waals surface area contributed by atoms with E-state index in [2.05, 4.69) is 12.2 Å². The van der Waals surface area contributed by atoms with Crippen LogP contribution in [0.1, 0.15) is 22.7 Å². The van der Waals surface area contributed by atoms with Gasteiger partial charge in [-0.1, -0.05) is 36.4 Å². The molecule has 2 aromatic carbocycles. The van der Waals surface area contributed by atoms with Crippen LogP contribution in [0.25, 0.3) is 0 Å². The summed E-state index contributed by atoms with van der Waals surface area (Å²) in [6, 6.07) is 15.0. The van der Waals surface area contributed by atoms with Crippen LogP contribution in [0.2, 0.25) is 0 Å². The van der Waals surface area contributed by atoms with Crippen molar-refractivity contribution in [1.29, 1.82) is 0 Å². The molecular formula is C21H21N3O2. The highest BCUT2D eigenvalue weighted by molar-refractivity contribution is 6.11. The minimum atomic E-state index is -0.418. The van der Waals surface area contributed by atoms with Crippen molar-refractivity contribution >= 4 is 17.6 Å². The maximum Gasteiger partial charge on any atom is 0.322 e. The Hall–Kier alpha value is -3.08. The number of rotatable bonds is 2. The monoisotopic (exact) mass is 347 g/mol. The highest BCUT2D eigenvalue weighted by Crippen LogP contribution is 2.37. The maximum atomic E-state index is 13.3. The summed E-state index contributed by atoms with van der Waals surface area (Å²) in [7, 11) is 1.71. The van der Waals surface area contributed by atoms with Gasteiger partial charge in [0.05, 0.1) is 23.9 Å². The number of hydrogen-bond acceptors (Lipinski definition) is 2. The minimum absolute atomic E-state index is 0.0519. The third-order valence-electron chi connectivity index (χ3n) is 5.30. The molecule has 0 saturated heterocycles. The summed E-state index contributed by atoms with van der Waals surface area (Å²) in [5.74, 6) is -0.0519. The Morgan fingerprint density at radius 1 is 1.00 bits per heavy atom. The fourth-order valence-corrected chi connectivity index (χ4v) is 3.56. The molecule has 132 valence electrons. The average molecular weight is 347 g/mol. The van der Waals surface area contributed by atoms with Crippen molar-refractivity contribution in [1.82, 2.24) is 10.2 Å². The highest BCUT2D eigenvalue weighted by atomic mass is 16.2. The molecule has 1 N–H and O–H groups in total. The molecule has 1 atom stereocenters. The molecule has 26 heavy (non-hydrogen) atoms. The molecule has 2 heterocycles. The smallest absolute Gasteiger partial charge is 0.322 e. The van der Waals surface area contributed by atoms with Crippen LogP contribution in [0.3, 0.4) is 0 Å². The standard InChI is InChI=1S/C21H21N3O2/c1-13-9-10-16(11-14(13)2)24-12-17-18(20(24)25)19(22-21(26)23(17)3)15-7-5-4-6-8-15/h4-11,19H,12H2,1-3H3,(H,22,26)/t19-/m1/s1. The molecule has 0 aromatic heterocycles. The number of anilines is 1. The SMILES string of the molecule is Cc1ccc(N2CC3=C(C2=O)[C@@H](c2ccccc2)NC(=O)N3C)cc1C. The lowest BCUT2D eigenvalue weighted by Gasteiger charge is -2.31. The summed E-state index contributed by atoms with van der Waals surface area (Å²) in [5, 5.41) is 2.96. The number of likely N-dealkylation sites (N-methyl/N-ethyl adjacent to an activating group) is 1. The molecule has 0 fully saturated rings. The molecule has 4 rings (SSSR count). The van der Waals surface area contributed by atoms with E-state index in [1.807, 2.05) is 55.5 Å². The van der Waals surface area contributed by atoms with Crippen LogP contribution in [0.15, 0.2) is 59.8 Å². The molecule has 0 saturated carbocycles. The number of nitrogens with one attached hydrogen (secondary N) is 1. The van der Waals surface area contributed by atoms with Crippen LogP contribution in [-0.2, 0) is 4.79 Å². The van der Waals surface area contributed by atoms with Crippen LogP contribution < -0.4 is 10.2 Å². The summed E-state index contributed by atoms with van der Waals surface area (Å²) in [6.45, 7) is 4.50. The number of carbonyl (C=O) groups is 2. The van der Waals surface area contributed by atoms with E-state index in [4.69, 9.17) is 0 Å². The summed E-state index contributed by atoms with van der Waals surface area (Å²) in [6.07, 6.45) is 0. The maximum absolute atomic E-state index is 13.3. The van der Waals surface area contributed by atoms with E-state index in [9.17, 15) is 9.59 Å². The van der Waals surface area contributed by atoms with Crippen LogP contribution in [0.5, 0.6) is 0 Å². The predicted molar refractivity (Wildman–Crippen MR) is 101 cm³/mol. The van der Waals surface area contributed by atoms with Crippen molar-refractivity contribution in [2.24, 2.45) is 0 Å². The van der Waals surface area contributed by atoms with Gasteiger partial charge < -0.3 is 10.2 Å². The van der Waals surface area contributed by atoms with Gasteiger partial charge in [0, 0.05) is 12.7 Å². The zero-order valence-corrected chi connectivity index (χ0v) is 15.1. The number of urea groups is 1. The van der Waals surface area contributed by atoms with Crippen LogP contribution in [0, 0.1) is 13.8 Å². The van der Waals surface area contributed by atoms with Gasteiger partial charge in [-0.05, 0) is 42.7 Å². The number of nitrogens with zero attached hydrogens (tertiary/aromatic N) is 2. The number of hydrogen-bond donors (Lipinski definition) is 1. The number of benzene rings is 2. The molecule has 2 aliphatic heterocycles. The second-order valence-electron chi connectivity index (χ2n) is 6.87. The lowest BCUT2D eigenvalue weighted by molar-refractivity contribution is -0.114. The van der Waals surface area contributed by atoms with Gasteiger partial charge in [0.1, 0.15) is 0 Å². The minimum Gasteiger partial charge on any atom is -0.327 e. The van der Waals surface area contributed by atoms with Crippen LogP contribution >= 0.6 is 0 Å². The summed E-state index contributed by atoms with van der Waals surface area (Å²) >= 11 is 0. The second kappa shape index (κ2) is 6.02. The number of amides is 3. The number of carbonyl (C=O) groups excluding carboxylic acids is 2. The van der Waals surface area contributed by atoms with Gasteiger partial charge in [-0.25, -0.2) is 4.79 Å². The number of aryl methyl sites for hydroxylation is 2. The highest BCUT2D eigenvalue weighted by Gasteiger charge is 2.43. The third-order valence-corrected chi connectivity index (χ3v) is 5.30. The molecule has 5 heteroatoms. The fraction of sp³-hybridized carbons (Fsp3) is 0.238. The molecule has 2 aliphatic rings. The molecule has 0 aliphatic carbocycles. The van der Waals surface area contributed by atoms with Gasteiger partial charge in [0.15, 0.2) is 0 Å². The first-order chi connectivity index (χ1) is 12.5. The van der Waals surface area contributed by atoms with Gasteiger partial charge in [-0.15, -0.1) is 0 Å². The van der Waals surface area contributed by atoms with Gasteiger partial charge in [-0.2, -0.15) is 0 Å². The molecule has 0 unspecified atom stereocenters. The molecular weight excluding hydrogens is 326 g/mol. The molecule has 0 radical (unpaired) electrons. The quantitative estimate of drug-likeness (QED) is 0.906. The van der Waals surface area contributed by atoms with E-state index in [1.54, 1.807) is 16.8 Å².